The minimum atomic E-state index is -0.933. The summed E-state index contributed by atoms with van der Waals surface area (Å²) in [5, 5.41) is 9.20. The molecule has 2 aromatic rings. The molecule has 0 aliphatic carbocycles. The van der Waals surface area contributed by atoms with Crippen molar-refractivity contribution < 1.29 is 14.7 Å². The number of hydrogen-bond acceptors (Lipinski definition) is 4. The first-order valence-corrected chi connectivity index (χ1v) is 7.32. The van der Waals surface area contributed by atoms with Gasteiger partial charge in [-0.15, -0.1) is 0 Å². The maximum Gasteiger partial charge on any atom is 0.313 e. The lowest BCUT2D eigenvalue weighted by Crippen LogP contribution is -2.19. The van der Waals surface area contributed by atoms with E-state index >= 15 is 0 Å². The third-order valence-electron chi connectivity index (χ3n) is 2.31. The fourth-order valence-corrected chi connectivity index (χ4v) is 2.83. The third-order valence-corrected chi connectivity index (χ3v) is 3.95. The van der Waals surface area contributed by atoms with Crippen LogP contribution in [0.2, 0.25) is 0 Å². The number of thioether (sulfide) groups is 1. The number of aliphatic carboxylic acids is 1. The zero-order valence-electron chi connectivity index (χ0n) is 9.67. The van der Waals surface area contributed by atoms with E-state index in [4.69, 9.17) is 10.8 Å². The van der Waals surface area contributed by atoms with E-state index in [0.717, 1.165) is 26.4 Å². The van der Waals surface area contributed by atoms with Gasteiger partial charge in [0.25, 0.3) is 0 Å². The Morgan fingerprint density at radius 1 is 1.47 bits per heavy atom. The Balaban J connectivity index is 2.47. The molecular formula is C11H10IN3O3S. The van der Waals surface area contributed by atoms with Crippen LogP contribution in [0.15, 0.2) is 23.4 Å². The van der Waals surface area contributed by atoms with Crippen LogP contribution in [-0.4, -0.2) is 32.3 Å². The largest absolute Gasteiger partial charge is 0.481 e. The van der Waals surface area contributed by atoms with E-state index in [-0.39, 0.29) is 12.3 Å². The number of amides is 1. The fourth-order valence-electron chi connectivity index (χ4n) is 1.63. The summed E-state index contributed by atoms with van der Waals surface area (Å²) in [6.45, 7) is -0.0148. The average molecular weight is 391 g/mol. The molecule has 0 fully saturated rings. The molecule has 1 aromatic heterocycles. The van der Waals surface area contributed by atoms with E-state index in [1.165, 1.54) is 0 Å². The summed E-state index contributed by atoms with van der Waals surface area (Å²) in [7, 11) is 0. The number of carbonyl (C=O) groups is 2. The number of carboxylic acid groups (broad SMARTS) is 1. The normalized spacial score (nSPS) is 10.8. The molecule has 0 bridgehead atoms. The molecule has 1 heterocycles. The van der Waals surface area contributed by atoms with Gasteiger partial charge in [0, 0.05) is 3.57 Å². The highest BCUT2D eigenvalue weighted by Crippen LogP contribution is 2.25. The van der Waals surface area contributed by atoms with E-state index in [0.29, 0.717) is 5.16 Å². The second-order valence-corrected chi connectivity index (χ2v) is 5.95. The summed E-state index contributed by atoms with van der Waals surface area (Å²) in [6.07, 6.45) is 0. The quantitative estimate of drug-likeness (QED) is 0.592. The summed E-state index contributed by atoms with van der Waals surface area (Å²) >= 11 is 3.24. The molecule has 0 aliphatic heterocycles. The van der Waals surface area contributed by atoms with Crippen molar-refractivity contribution in [3.63, 3.8) is 0 Å². The third kappa shape index (κ3) is 3.38. The number of nitrogens with two attached hydrogens (primary N) is 1. The molecule has 0 aliphatic rings. The number of hydrogen-bond donors (Lipinski definition) is 2. The summed E-state index contributed by atoms with van der Waals surface area (Å²) in [6, 6.07) is 5.61. The van der Waals surface area contributed by atoms with E-state index < -0.39 is 11.9 Å². The fraction of sp³-hybridized carbons (Fsp3) is 0.182. The number of rotatable bonds is 5. The predicted molar refractivity (Wildman–Crippen MR) is 80.0 cm³/mol. The Labute approximate surface area is 126 Å². The number of fused-ring (bicyclic) bond motifs is 1. The van der Waals surface area contributed by atoms with Gasteiger partial charge in [-0.1, -0.05) is 11.8 Å². The van der Waals surface area contributed by atoms with Gasteiger partial charge in [-0.3, -0.25) is 9.59 Å². The second kappa shape index (κ2) is 5.78. The van der Waals surface area contributed by atoms with Gasteiger partial charge < -0.3 is 15.4 Å². The van der Waals surface area contributed by atoms with Crippen LogP contribution in [0.25, 0.3) is 11.0 Å². The summed E-state index contributed by atoms with van der Waals surface area (Å²) in [5.74, 6) is -1.54. The van der Waals surface area contributed by atoms with E-state index in [1.54, 1.807) is 4.57 Å². The van der Waals surface area contributed by atoms with Gasteiger partial charge in [0.15, 0.2) is 5.16 Å². The summed E-state index contributed by atoms with van der Waals surface area (Å²) in [5.41, 5.74) is 6.71. The lowest BCUT2D eigenvalue weighted by Gasteiger charge is -2.05. The molecule has 0 atom stereocenters. The van der Waals surface area contributed by atoms with Gasteiger partial charge in [0.1, 0.15) is 6.54 Å². The van der Waals surface area contributed by atoms with Gasteiger partial charge in [-0.05, 0) is 40.8 Å². The molecular weight excluding hydrogens is 381 g/mol. The van der Waals surface area contributed by atoms with Crippen molar-refractivity contribution in [2.45, 2.75) is 11.7 Å². The van der Waals surface area contributed by atoms with Crippen molar-refractivity contribution in [2.24, 2.45) is 5.73 Å². The first-order valence-electron chi connectivity index (χ1n) is 5.26. The summed E-state index contributed by atoms with van der Waals surface area (Å²) < 4.78 is 2.66. The Morgan fingerprint density at radius 3 is 2.84 bits per heavy atom. The molecule has 2 rings (SSSR count). The number of aromatic nitrogens is 2. The number of halogens is 1. The molecule has 0 unspecified atom stereocenters. The van der Waals surface area contributed by atoms with E-state index in [9.17, 15) is 9.59 Å². The molecule has 3 N–H and O–H groups in total. The predicted octanol–water partition coefficient (Wildman–Crippen LogP) is 1.30. The van der Waals surface area contributed by atoms with Crippen molar-refractivity contribution in [1.82, 2.24) is 9.55 Å². The molecule has 1 amide bonds. The summed E-state index contributed by atoms with van der Waals surface area (Å²) in [4.78, 5) is 26.1. The highest BCUT2D eigenvalue weighted by molar-refractivity contribution is 14.1. The van der Waals surface area contributed by atoms with Crippen molar-refractivity contribution in [1.29, 1.82) is 0 Å². The van der Waals surface area contributed by atoms with E-state index in [1.807, 2.05) is 18.2 Å². The molecule has 100 valence electrons. The first-order chi connectivity index (χ1) is 8.97. The minimum Gasteiger partial charge on any atom is -0.481 e. The average Bonchev–Trinajstić information content (AvgIpc) is 2.63. The van der Waals surface area contributed by atoms with Crippen LogP contribution >= 0.6 is 34.4 Å². The van der Waals surface area contributed by atoms with Crippen LogP contribution in [0.3, 0.4) is 0 Å². The molecule has 0 saturated heterocycles. The second-order valence-electron chi connectivity index (χ2n) is 3.76. The Kier molecular flexibility index (Phi) is 4.30. The van der Waals surface area contributed by atoms with Crippen molar-refractivity contribution in [3.8, 4) is 0 Å². The van der Waals surface area contributed by atoms with Crippen LogP contribution < -0.4 is 5.73 Å². The van der Waals surface area contributed by atoms with Gasteiger partial charge in [0.05, 0.1) is 16.8 Å². The highest BCUT2D eigenvalue weighted by Gasteiger charge is 2.14. The lowest BCUT2D eigenvalue weighted by atomic mass is 10.3. The number of nitrogens with zero attached hydrogens (tertiary/aromatic N) is 2. The van der Waals surface area contributed by atoms with Crippen LogP contribution in [0.1, 0.15) is 0 Å². The molecule has 0 spiro atoms. The Morgan fingerprint density at radius 2 is 2.21 bits per heavy atom. The number of carboxylic acids is 1. The topological polar surface area (TPSA) is 98.2 Å². The van der Waals surface area contributed by atoms with Gasteiger partial charge in [-0.25, -0.2) is 4.98 Å². The molecule has 0 saturated carbocycles. The number of benzene rings is 1. The SMILES string of the molecule is NC(=O)Cn1c(SCC(=O)O)nc2cc(I)ccc21. The standard InChI is InChI=1S/C11H10IN3O3S/c12-6-1-2-8-7(3-6)14-11(19-5-10(17)18)15(8)4-9(13)16/h1-3H,4-5H2,(H2,13,16)(H,17,18). The van der Waals surface area contributed by atoms with Gasteiger partial charge in [0.2, 0.25) is 5.91 Å². The maximum absolute atomic E-state index is 11.1. The molecule has 19 heavy (non-hydrogen) atoms. The van der Waals surface area contributed by atoms with Crippen LogP contribution in [0, 0.1) is 3.57 Å². The van der Waals surface area contributed by atoms with Gasteiger partial charge in [-0.2, -0.15) is 0 Å². The molecule has 6 nitrogen and oxygen atoms in total. The minimum absolute atomic E-state index is 0.0148. The molecule has 0 radical (unpaired) electrons. The zero-order chi connectivity index (χ0) is 14.0. The van der Waals surface area contributed by atoms with Gasteiger partial charge >= 0.3 is 5.97 Å². The van der Waals surface area contributed by atoms with Crippen molar-refractivity contribution >= 4 is 57.3 Å². The highest BCUT2D eigenvalue weighted by atomic mass is 127. The van der Waals surface area contributed by atoms with E-state index in [2.05, 4.69) is 27.6 Å². The Hall–Kier alpha value is -1.29. The first kappa shape index (κ1) is 14.1. The zero-order valence-corrected chi connectivity index (χ0v) is 12.6. The number of primary amides is 1. The maximum atomic E-state index is 11.1. The van der Waals surface area contributed by atoms with Crippen molar-refractivity contribution in [2.75, 3.05) is 5.75 Å². The Bertz CT molecular complexity index is 656. The molecule has 8 heteroatoms. The number of imidazole rings is 1. The molecule has 1 aromatic carbocycles. The lowest BCUT2D eigenvalue weighted by molar-refractivity contribution is -0.133. The van der Waals surface area contributed by atoms with Crippen molar-refractivity contribution in [3.05, 3.63) is 21.8 Å². The van der Waals surface area contributed by atoms with Crippen LogP contribution in [0.4, 0.5) is 0 Å². The smallest absolute Gasteiger partial charge is 0.313 e. The number of carbonyl (C=O) groups excluding carboxylic acids is 1. The monoisotopic (exact) mass is 391 g/mol. The van der Waals surface area contributed by atoms with Crippen LogP contribution in [-0.2, 0) is 16.1 Å². The van der Waals surface area contributed by atoms with Crippen LogP contribution in [0.5, 0.6) is 0 Å².